The van der Waals surface area contributed by atoms with E-state index >= 15 is 0 Å². The number of carbonyl (C=O) groups is 1. The molecule has 1 aliphatic heterocycles. The standard InChI is InChI=1S/C14H20N2O3/c1-18-12-8-16(9-13(12)19-2)14(17)11-5-3-4-10(6-11)7-15/h3-6,12-13H,7-9,15H2,1-2H3. The second kappa shape index (κ2) is 6.14. The number of carbonyl (C=O) groups excluding carboxylic acids is 1. The molecule has 5 heteroatoms. The Morgan fingerprint density at radius 2 is 1.95 bits per heavy atom. The highest BCUT2D eigenvalue weighted by atomic mass is 16.5. The van der Waals surface area contributed by atoms with Crippen LogP contribution >= 0.6 is 0 Å². The first-order valence-corrected chi connectivity index (χ1v) is 6.33. The molecule has 2 unspecified atom stereocenters. The molecule has 2 N–H and O–H groups in total. The van der Waals surface area contributed by atoms with Crippen LogP contribution in [0, 0.1) is 0 Å². The second-order valence-corrected chi connectivity index (χ2v) is 4.66. The van der Waals surface area contributed by atoms with E-state index in [2.05, 4.69) is 0 Å². The summed E-state index contributed by atoms with van der Waals surface area (Å²) in [5.41, 5.74) is 7.21. The molecule has 1 heterocycles. The molecule has 0 aromatic heterocycles. The highest BCUT2D eigenvalue weighted by Crippen LogP contribution is 2.18. The minimum atomic E-state index is -0.0633. The maximum absolute atomic E-state index is 12.4. The van der Waals surface area contributed by atoms with Crippen molar-refractivity contribution >= 4 is 5.91 Å². The van der Waals surface area contributed by atoms with Crippen molar-refractivity contribution in [2.75, 3.05) is 27.3 Å². The molecular formula is C14H20N2O3. The Labute approximate surface area is 113 Å². The van der Waals surface area contributed by atoms with Gasteiger partial charge in [0.15, 0.2) is 0 Å². The van der Waals surface area contributed by atoms with Crippen molar-refractivity contribution in [1.29, 1.82) is 0 Å². The minimum absolute atomic E-state index is 0.00287. The van der Waals surface area contributed by atoms with Crippen LogP contribution in [0.1, 0.15) is 15.9 Å². The summed E-state index contributed by atoms with van der Waals surface area (Å²) in [6.45, 7) is 1.55. The van der Waals surface area contributed by atoms with E-state index in [1.807, 2.05) is 24.3 Å². The molecule has 1 amide bonds. The minimum Gasteiger partial charge on any atom is -0.377 e. The van der Waals surface area contributed by atoms with Crippen LogP contribution in [0.25, 0.3) is 0 Å². The zero-order valence-electron chi connectivity index (χ0n) is 11.3. The number of ether oxygens (including phenoxy) is 2. The third-order valence-electron chi connectivity index (χ3n) is 3.52. The van der Waals surface area contributed by atoms with Crippen LogP contribution in [0.5, 0.6) is 0 Å². The van der Waals surface area contributed by atoms with Gasteiger partial charge in [0.05, 0.1) is 0 Å². The average Bonchev–Trinajstić information content (AvgIpc) is 2.89. The molecule has 1 saturated heterocycles. The zero-order chi connectivity index (χ0) is 13.8. The van der Waals surface area contributed by atoms with Gasteiger partial charge in [-0.1, -0.05) is 12.1 Å². The molecule has 19 heavy (non-hydrogen) atoms. The molecule has 0 bridgehead atoms. The van der Waals surface area contributed by atoms with Gasteiger partial charge < -0.3 is 20.1 Å². The zero-order valence-corrected chi connectivity index (χ0v) is 11.3. The van der Waals surface area contributed by atoms with Crippen LogP contribution in [0.15, 0.2) is 24.3 Å². The molecule has 1 aromatic rings. The van der Waals surface area contributed by atoms with E-state index in [1.54, 1.807) is 19.1 Å². The van der Waals surface area contributed by atoms with Crippen LogP contribution in [0.4, 0.5) is 0 Å². The lowest BCUT2D eigenvalue weighted by Gasteiger charge is -2.16. The Morgan fingerprint density at radius 3 is 2.47 bits per heavy atom. The third kappa shape index (κ3) is 2.94. The quantitative estimate of drug-likeness (QED) is 0.866. The first kappa shape index (κ1) is 14.0. The largest absolute Gasteiger partial charge is 0.377 e. The Bertz CT molecular complexity index is 438. The molecule has 1 aliphatic rings. The lowest BCUT2D eigenvalue weighted by molar-refractivity contribution is -0.00461. The molecule has 2 rings (SSSR count). The van der Waals surface area contributed by atoms with Crippen LogP contribution in [0.2, 0.25) is 0 Å². The summed E-state index contributed by atoms with van der Waals surface area (Å²) in [5.74, 6) is -0.00287. The molecule has 0 aliphatic carbocycles. The summed E-state index contributed by atoms with van der Waals surface area (Å²) in [5, 5.41) is 0. The summed E-state index contributed by atoms with van der Waals surface area (Å²) in [6, 6.07) is 7.41. The van der Waals surface area contributed by atoms with E-state index in [0.717, 1.165) is 5.56 Å². The topological polar surface area (TPSA) is 64.8 Å². The second-order valence-electron chi connectivity index (χ2n) is 4.66. The Balaban J connectivity index is 2.12. The number of hydrogen-bond acceptors (Lipinski definition) is 4. The van der Waals surface area contributed by atoms with Gasteiger partial charge in [-0.25, -0.2) is 0 Å². The van der Waals surface area contributed by atoms with Gasteiger partial charge in [0, 0.05) is 39.4 Å². The van der Waals surface area contributed by atoms with Gasteiger partial charge >= 0.3 is 0 Å². The number of methoxy groups -OCH3 is 2. The van der Waals surface area contributed by atoms with Crippen molar-refractivity contribution in [2.45, 2.75) is 18.8 Å². The van der Waals surface area contributed by atoms with E-state index < -0.39 is 0 Å². The monoisotopic (exact) mass is 264 g/mol. The van der Waals surface area contributed by atoms with Crippen molar-refractivity contribution in [3.05, 3.63) is 35.4 Å². The Kier molecular flexibility index (Phi) is 4.52. The molecule has 104 valence electrons. The van der Waals surface area contributed by atoms with Crippen molar-refractivity contribution in [3.63, 3.8) is 0 Å². The first-order chi connectivity index (χ1) is 9.19. The Hall–Kier alpha value is -1.43. The summed E-state index contributed by atoms with van der Waals surface area (Å²) < 4.78 is 10.7. The molecule has 5 nitrogen and oxygen atoms in total. The van der Waals surface area contributed by atoms with E-state index in [4.69, 9.17) is 15.2 Å². The van der Waals surface area contributed by atoms with E-state index in [9.17, 15) is 4.79 Å². The smallest absolute Gasteiger partial charge is 0.254 e. The van der Waals surface area contributed by atoms with Gasteiger partial charge in [0.1, 0.15) is 12.2 Å². The maximum Gasteiger partial charge on any atom is 0.254 e. The van der Waals surface area contributed by atoms with Crippen molar-refractivity contribution in [1.82, 2.24) is 4.90 Å². The molecule has 2 atom stereocenters. The molecule has 1 aromatic carbocycles. The van der Waals surface area contributed by atoms with Crippen LogP contribution in [-0.4, -0.2) is 50.3 Å². The molecule has 0 spiro atoms. The lowest BCUT2D eigenvalue weighted by atomic mass is 10.1. The van der Waals surface area contributed by atoms with Gasteiger partial charge in [0.25, 0.3) is 5.91 Å². The summed E-state index contributed by atoms with van der Waals surface area (Å²) in [6.07, 6.45) is -0.127. The van der Waals surface area contributed by atoms with Gasteiger partial charge in [-0.15, -0.1) is 0 Å². The normalized spacial score (nSPS) is 22.8. The Morgan fingerprint density at radius 1 is 1.32 bits per heavy atom. The summed E-state index contributed by atoms with van der Waals surface area (Å²) in [4.78, 5) is 14.2. The van der Waals surface area contributed by atoms with Gasteiger partial charge in [-0.05, 0) is 17.7 Å². The van der Waals surface area contributed by atoms with Crippen molar-refractivity contribution in [3.8, 4) is 0 Å². The summed E-state index contributed by atoms with van der Waals surface area (Å²) in [7, 11) is 3.28. The molecule has 0 radical (unpaired) electrons. The highest BCUT2D eigenvalue weighted by Gasteiger charge is 2.35. The van der Waals surface area contributed by atoms with Gasteiger partial charge in [0.2, 0.25) is 0 Å². The predicted octanol–water partition coefficient (Wildman–Crippen LogP) is 0.631. The van der Waals surface area contributed by atoms with Gasteiger partial charge in [-0.3, -0.25) is 4.79 Å². The number of amides is 1. The van der Waals surface area contributed by atoms with Crippen LogP contribution in [0.3, 0.4) is 0 Å². The van der Waals surface area contributed by atoms with Crippen LogP contribution in [-0.2, 0) is 16.0 Å². The van der Waals surface area contributed by atoms with E-state index in [0.29, 0.717) is 25.2 Å². The molecule has 0 saturated carbocycles. The number of nitrogens with two attached hydrogens (primary N) is 1. The van der Waals surface area contributed by atoms with Crippen molar-refractivity contribution < 1.29 is 14.3 Å². The van der Waals surface area contributed by atoms with Crippen molar-refractivity contribution in [2.24, 2.45) is 5.73 Å². The van der Waals surface area contributed by atoms with Crippen LogP contribution < -0.4 is 5.73 Å². The fourth-order valence-corrected chi connectivity index (χ4v) is 2.38. The average molecular weight is 264 g/mol. The predicted molar refractivity (Wildman–Crippen MR) is 71.8 cm³/mol. The maximum atomic E-state index is 12.4. The fourth-order valence-electron chi connectivity index (χ4n) is 2.38. The fraction of sp³-hybridized carbons (Fsp3) is 0.500. The number of benzene rings is 1. The SMILES string of the molecule is COC1CN(C(=O)c2cccc(CN)c2)CC1OC. The number of likely N-dealkylation sites (tertiary alicyclic amines) is 1. The third-order valence-corrected chi connectivity index (χ3v) is 3.52. The number of nitrogens with zero attached hydrogens (tertiary/aromatic N) is 1. The number of rotatable bonds is 4. The van der Waals surface area contributed by atoms with E-state index in [-0.39, 0.29) is 18.1 Å². The highest BCUT2D eigenvalue weighted by molar-refractivity contribution is 5.94. The molecule has 1 fully saturated rings. The number of hydrogen-bond donors (Lipinski definition) is 1. The lowest BCUT2D eigenvalue weighted by Crippen LogP contribution is -2.30. The van der Waals surface area contributed by atoms with Gasteiger partial charge in [-0.2, -0.15) is 0 Å². The van der Waals surface area contributed by atoms with E-state index in [1.165, 1.54) is 0 Å². The first-order valence-electron chi connectivity index (χ1n) is 6.33. The summed E-state index contributed by atoms with van der Waals surface area (Å²) >= 11 is 0. The molecular weight excluding hydrogens is 244 g/mol.